The first-order chi connectivity index (χ1) is 8.01. The van der Waals surface area contributed by atoms with Gasteiger partial charge in [0.25, 0.3) is 0 Å². The van der Waals surface area contributed by atoms with E-state index in [1.54, 1.807) is 6.07 Å². The molecule has 1 saturated heterocycles. The molecule has 0 aliphatic carbocycles. The molecule has 1 aromatic rings. The third-order valence-electron chi connectivity index (χ3n) is 3.78. The smallest absolute Gasteiger partial charge is 0.123 e. The molecule has 0 saturated carbocycles. The van der Waals surface area contributed by atoms with Gasteiger partial charge in [0, 0.05) is 12.6 Å². The Labute approximate surface area is 102 Å². The van der Waals surface area contributed by atoms with Gasteiger partial charge in [0.05, 0.1) is 5.60 Å². The molecule has 2 rings (SSSR count). The molecule has 1 aliphatic rings. The van der Waals surface area contributed by atoms with Gasteiger partial charge in [-0.3, -0.25) is 0 Å². The van der Waals surface area contributed by atoms with Crippen molar-refractivity contribution < 1.29 is 9.13 Å². The van der Waals surface area contributed by atoms with E-state index in [-0.39, 0.29) is 17.5 Å². The molecule has 1 aliphatic heterocycles. The van der Waals surface area contributed by atoms with Gasteiger partial charge in [0.2, 0.25) is 0 Å². The zero-order valence-corrected chi connectivity index (χ0v) is 10.5. The van der Waals surface area contributed by atoms with Gasteiger partial charge in [-0.15, -0.1) is 0 Å². The monoisotopic (exact) mass is 237 g/mol. The van der Waals surface area contributed by atoms with Crippen LogP contribution in [-0.4, -0.2) is 18.2 Å². The number of benzene rings is 1. The highest BCUT2D eigenvalue weighted by molar-refractivity contribution is 5.27. The molecule has 17 heavy (non-hydrogen) atoms. The molecular formula is C14H20FNO. The largest absolute Gasteiger partial charge is 0.374 e. The topological polar surface area (TPSA) is 35.2 Å². The molecule has 3 heteroatoms. The fourth-order valence-corrected chi connectivity index (χ4v) is 2.43. The van der Waals surface area contributed by atoms with Crippen molar-refractivity contribution in [2.45, 2.75) is 44.8 Å². The predicted octanol–water partition coefficient (Wildman–Crippen LogP) is 2.57. The molecule has 0 bridgehead atoms. The fraction of sp³-hybridized carbons (Fsp3) is 0.571. The van der Waals surface area contributed by atoms with Crippen LogP contribution < -0.4 is 5.73 Å². The molecular weight excluding hydrogens is 217 g/mol. The lowest BCUT2D eigenvalue weighted by Gasteiger charge is -2.30. The molecule has 0 spiro atoms. The van der Waals surface area contributed by atoms with Crippen molar-refractivity contribution in [1.29, 1.82) is 0 Å². The molecule has 0 radical (unpaired) electrons. The Morgan fingerprint density at radius 3 is 2.88 bits per heavy atom. The average molecular weight is 237 g/mol. The van der Waals surface area contributed by atoms with Gasteiger partial charge in [-0.1, -0.05) is 6.07 Å². The van der Waals surface area contributed by atoms with E-state index in [1.807, 2.05) is 13.0 Å². The maximum atomic E-state index is 13.0. The second-order valence-electron chi connectivity index (χ2n) is 5.15. The summed E-state index contributed by atoms with van der Waals surface area (Å²) in [4.78, 5) is 0. The van der Waals surface area contributed by atoms with E-state index in [0.29, 0.717) is 0 Å². The second-order valence-corrected chi connectivity index (χ2v) is 5.15. The van der Waals surface area contributed by atoms with E-state index in [2.05, 4.69) is 6.92 Å². The lowest BCUT2D eigenvalue weighted by molar-refractivity contribution is -0.000933. The van der Waals surface area contributed by atoms with E-state index in [0.717, 1.165) is 37.0 Å². The summed E-state index contributed by atoms with van der Waals surface area (Å²) in [7, 11) is 0. The van der Waals surface area contributed by atoms with E-state index in [4.69, 9.17) is 10.5 Å². The van der Waals surface area contributed by atoms with Gasteiger partial charge < -0.3 is 10.5 Å². The summed E-state index contributed by atoms with van der Waals surface area (Å²) in [6.07, 6.45) is 2.82. The van der Waals surface area contributed by atoms with Crippen LogP contribution in [-0.2, 0) is 11.2 Å². The first-order valence-electron chi connectivity index (χ1n) is 6.16. The maximum absolute atomic E-state index is 13.0. The van der Waals surface area contributed by atoms with Crippen molar-refractivity contribution in [1.82, 2.24) is 0 Å². The summed E-state index contributed by atoms with van der Waals surface area (Å²) in [5.74, 6) is -0.192. The van der Waals surface area contributed by atoms with Crippen molar-refractivity contribution in [3.05, 3.63) is 35.1 Å². The van der Waals surface area contributed by atoms with Gasteiger partial charge >= 0.3 is 0 Å². The molecule has 0 amide bonds. The Balaban J connectivity index is 2.10. The van der Waals surface area contributed by atoms with Crippen LogP contribution in [0.25, 0.3) is 0 Å². The number of hydrogen-bond acceptors (Lipinski definition) is 2. The van der Waals surface area contributed by atoms with Crippen LogP contribution in [0.3, 0.4) is 0 Å². The van der Waals surface area contributed by atoms with Crippen LogP contribution in [0, 0.1) is 12.7 Å². The van der Waals surface area contributed by atoms with Crippen molar-refractivity contribution >= 4 is 0 Å². The number of aryl methyl sites for hydroxylation is 1. The zero-order chi connectivity index (χ0) is 12.5. The Hall–Kier alpha value is -0.930. The van der Waals surface area contributed by atoms with E-state index >= 15 is 0 Å². The van der Waals surface area contributed by atoms with Gasteiger partial charge in [0.15, 0.2) is 0 Å². The lowest BCUT2D eigenvalue weighted by Crippen LogP contribution is -2.46. The van der Waals surface area contributed by atoms with Crippen molar-refractivity contribution in [2.24, 2.45) is 5.73 Å². The van der Waals surface area contributed by atoms with Crippen molar-refractivity contribution in [3.8, 4) is 0 Å². The number of hydrogen-bond donors (Lipinski definition) is 1. The van der Waals surface area contributed by atoms with Crippen molar-refractivity contribution in [3.63, 3.8) is 0 Å². The van der Waals surface area contributed by atoms with Crippen LogP contribution in [0.2, 0.25) is 0 Å². The third kappa shape index (κ3) is 2.67. The first-order valence-corrected chi connectivity index (χ1v) is 6.16. The highest BCUT2D eigenvalue weighted by Crippen LogP contribution is 2.29. The summed E-state index contributed by atoms with van der Waals surface area (Å²) in [5, 5.41) is 0. The Morgan fingerprint density at radius 2 is 2.29 bits per heavy atom. The molecule has 2 unspecified atom stereocenters. The zero-order valence-electron chi connectivity index (χ0n) is 10.5. The van der Waals surface area contributed by atoms with Crippen molar-refractivity contribution in [2.75, 3.05) is 6.61 Å². The minimum atomic E-state index is -0.221. The summed E-state index contributed by atoms with van der Waals surface area (Å²) in [6.45, 7) is 4.79. The number of rotatable bonds is 3. The molecule has 1 fully saturated rings. The van der Waals surface area contributed by atoms with E-state index in [1.165, 1.54) is 6.07 Å². The minimum Gasteiger partial charge on any atom is -0.374 e. The van der Waals surface area contributed by atoms with Crippen LogP contribution in [0.15, 0.2) is 18.2 Å². The Kier molecular flexibility index (Phi) is 3.50. The first kappa shape index (κ1) is 12.5. The normalized spacial score (nSPS) is 26.1. The molecule has 0 aromatic heterocycles. The van der Waals surface area contributed by atoms with Gasteiger partial charge in [-0.25, -0.2) is 4.39 Å². The van der Waals surface area contributed by atoms with Crippen LogP contribution >= 0.6 is 0 Å². The summed E-state index contributed by atoms with van der Waals surface area (Å²) in [6, 6.07) is 4.84. The Bertz CT molecular complexity index is 399. The van der Waals surface area contributed by atoms with Crippen LogP contribution in [0.1, 0.15) is 30.9 Å². The fourth-order valence-electron chi connectivity index (χ4n) is 2.43. The summed E-state index contributed by atoms with van der Waals surface area (Å²) in [5.41, 5.74) is 8.08. The van der Waals surface area contributed by atoms with Gasteiger partial charge in [-0.05, 0) is 56.4 Å². The lowest BCUT2D eigenvalue weighted by atomic mass is 9.88. The quantitative estimate of drug-likeness (QED) is 0.877. The summed E-state index contributed by atoms with van der Waals surface area (Å²) >= 11 is 0. The summed E-state index contributed by atoms with van der Waals surface area (Å²) < 4.78 is 18.7. The average Bonchev–Trinajstić information content (AvgIpc) is 2.71. The second kappa shape index (κ2) is 4.75. The highest BCUT2D eigenvalue weighted by atomic mass is 19.1. The standard InChI is InChI=1S/C14H20FNO/c1-10-8-12(15)5-4-11(10)9-13(16)14(2)6-3-7-17-14/h4-5,8,13H,3,6-7,9,16H2,1-2H3. The van der Waals surface area contributed by atoms with Crippen LogP contribution in [0.4, 0.5) is 4.39 Å². The Morgan fingerprint density at radius 1 is 1.53 bits per heavy atom. The number of nitrogens with two attached hydrogens (primary N) is 1. The van der Waals surface area contributed by atoms with Crippen LogP contribution in [0.5, 0.6) is 0 Å². The van der Waals surface area contributed by atoms with E-state index in [9.17, 15) is 4.39 Å². The molecule has 2 N–H and O–H groups in total. The highest BCUT2D eigenvalue weighted by Gasteiger charge is 2.36. The van der Waals surface area contributed by atoms with E-state index < -0.39 is 0 Å². The SMILES string of the molecule is Cc1cc(F)ccc1CC(N)C1(C)CCCO1. The molecule has 94 valence electrons. The molecule has 2 atom stereocenters. The number of ether oxygens (including phenoxy) is 1. The third-order valence-corrected chi connectivity index (χ3v) is 3.78. The van der Waals surface area contributed by atoms with Gasteiger partial charge in [0.1, 0.15) is 5.82 Å². The molecule has 1 aromatic carbocycles. The predicted molar refractivity (Wildman–Crippen MR) is 66.4 cm³/mol. The minimum absolute atomic E-state index is 0.0332. The maximum Gasteiger partial charge on any atom is 0.123 e. The molecule has 1 heterocycles. The van der Waals surface area contributed by atoms with Gasteiger partial charge in [-0.2, -0.15) is 0 Å². The molecule has 2 nitrogen and oxygen atoms in total. The number of halogens is 1.